The van der Waals surface area contributed by atoms with Gasteiger partial charge in [0.25, 0.3) is 0 Å². The Morgan fingerprint density at radius 1 is 1.06 bits per heavy atom. The van der Waals surface area contributed by atoms with Gasteiger partial charge in [-0.25, -0.2) is 9.97 Å². The molecule has 0 unspecified atom stereocenters. The van der Waals surface area contributed by atoms with Crippen LogP contribution in [0.1, 0.15) is 0 Å². The minimum Gasteiger partial charge on any atom is -0.383 e. The number of rotatable bonds is 1. The summed E-state index contributed by atoms with van der Waals surface area (Å²) in [5, 5.41) is 0.891. The number of aromatic nitrogens is 3. The summed E-state index contributed by atoms with van der Waals surface area (Å²) < 4.78 is 0. The number of para-hydroxylation sites is 1. The van der Waals surface area contributed by atoms with Crippen molar-refractivity contribution in [3.8, 4) is 11.4 Å². The Hall–Kier alpha value is -2.36. The number of nitrogens with one attached hydrogen (secondary N) is 1. The SMILES string of the molecule is Nc1nc(-c2cc[nH]c2)nc2ccccc12. The molecule has 3 aromatic rings. The van der Waals surface area contributed by atoms with Gasteiger partial charge in [0.1, 0.15) is 5.82 Å². The molecule has 16 heavy (non-hydrogen) atoms. The number of hydrogen-bond acceptors (Lipinski definition) is 3. The van der Waals surface area contributed by atoms with Crippen LogP contribution in [0.15, 0.2) is 42.7 Å². The Morgan fingerprint density at radius 2 is 1.94 bits per heavy atom. The summed E-state index contributed by atoms with van der Waals surface area (Å²) in [6, 6.07) is 9.65. The van der Waals surface area contributed by atoms with Gasteiger partial charge in [0.2, 0.25) is 0 Å². The van der Waals surface area contributed by atoms with Gasteiger partial charge in [-0.2, -0.15) is 0 Å². The molecule has 0 saturated carbocycles. The van der Waals surface area contributed by atoms with E-state index in [0.29, 0.717) is 11.6 Å². The average molecular weight is 210 g/mol. The molecule has 78 valence electrons. The predicted molar refractivity (Wildman–Crippen MR) is 63.7 cm³/mol. The normalized spacial score (nSPS) is 10.8. The van der Waals surface area contributed by atoms with E-state index in [9.17, 15) is 0 Å². The summed E-state index contributed by atoms with van der Waals surface area (Å²) in [6.07, 6.45) is 3.69. The van der Waals surface area contributed by atoms with Crippen molar-refractivity contribution in [1.82, 2.24) is 15.0 Å². The van der Waals surface area contributed by atoms with Crippen LogP contribution in [0.25, 0.3) is 22.3 Å². The second-order valence-corrected chi connectivity index (χ2v) is 3.55. The van der Waals surface area contributed by atoms with Crippen LogP contribution in [0, 0.1) is 0 Å². The molecule has 2 heterocycles. The molecule has 3 rings (SSSR count). The summed E-state index contributed by atoms with van der Waals surface area (Å²) in [6.45, 7) is 0. The van der Waals surface area contributed by atoms with Crippen molar-refractivity contribution in [2.75, 3.05) is 5.73 Å². The standard InChI is InChI=1S/C12H10N4/c13-11-9-3-1-2-4-10(9)15-12(16-11)8-5-6-14-7-8/h1-7,14H,(H2,13,15,16). The molecule has 3 N–H and O–H groups in total. The predicted octanol–water partition coefficient (Wildman–Crippen LogP) is 2.21. The molecule has 2 aromatic heterocycles. The van der Waals surface area contributed by atoms with Crippen LogP contribution in [0.2, 0.25) is 0 Å². The Kier molecular flexibility index (Phi) is 1.86. The zero-order valence-corrected chi connectivity index (χ0v) is 8.51. The highest BCUT2D eigenvalue weighted by Gasteiger charge is 2.06. The summed E-state index contributed by atoms with van der Waals surface area (Å²) in [5.41, 5.74) is 7.71. The molecule has 0 saturated heterocycles. The first-order valence-electron chi connectivity index (χ1n) is 5.00. The van der Waals surface area contributed by atoms with Crippen molar-refractivity contribution in [2.45, 2.75) is 0 Å². The second kappa shape index (κ2) is 3.34. The zero-order chi connectivity index (χ0) is 11.0. The van der Waals surface area contributed by atoms with Gasteiger partial charge in [0.15, 0.2) is 5.82 Å². The van der Waals surface area contributed by atoms with Crippen molar-refractivity contribution in [2.24, 2.45) is 0 Å². The fourth-order valence-corrected chi connectivity index (χ4v) is 1.69. The highest BCUT2D eigenvalue weighted by molar-refractivity contribution is 5.89. The Bertz CT molecular complexity index is 629. The number of hydrogen-bond donors (Lipinski definition) is 2. The summed E-state index contributed by atoms with van der Waals surface area (Å²) >= 11 is 0. The quantitative estimate of drug-likeness (QED) is 0.647. The van der Waals surface area contributed by atoms with E-state index in [1.165, 1.54) is 0 Å². The molecule has 1 aromatic carbocycles. The number of aromatic amines is 1. The van der Waals surface area contributed by atoms with Crippen LogP contribution in [-0.4, -0.2) is 15.0 Å². The van der Waals surface area contributed by atoms with Gasteiger partial charge in [-0.1, -0.05) is 12.1 Å². The van der Waals surface area contributed by atoms with E-state index in [1.54, 1.807) is 0 Å². The van der Waals surface area contributed by atoms with E-state index in [2.05, 4.69) is 15.0 Å². The number of fused-ring (bicyclic) bond motifs is 1. The monoisotopic (exact) mass is 210 g/mol. The maximum Gasteiger partial charge on any atom is 0.163 e. The molecule has 0 aliphatic carbocycles. The van der Waals surface area contributed by atoms with Gasteiger partial charge in [-0.15, -0.1) is 0 Å². The van der Waals surface area contributed by atoms with Crippen LogP contribution in [0.4, 0.5) is 5.82 Å². The Morgan fingerprint density at radius 3 is 2.75 bits per heavy atom. The molecule has 0 atom stereocenters. The highest BCUT2D eigenvalue weighted by Crippen LogP contribution is 2.22. The van der Waals surface area contributed by atoms with Crippen molar-refractivity contribution in [3.05, 3.63) is 42.7 Å². The second-order valence-electron chi connectivity index (χ2n) is 3.55. The van der Waals surface area contributed by atoms with Gasteiger partial charge >= 0.3 is 0 Å². The molecule has 0 bridgehead atoms. The fraction of sp³-hybridized carbons (Fsp3) is 0. The van der Waals surface area contributed by atoms with E-state index < -0.39 is 0 Å². The van der Waals surface area contributed by atoms with Gasteiger partial charge < -0.3 is 10.7 Å². The average Bonchev–Trinajstić information content (AvgIpc) is 2.82. The highest BCUT2D eigenvalue weighted by atomic mass is 14.9. The third-order valence-corrected chi connectivity index (χ3v) is 2.49. The van der Waals surface area contributed by atoms with Crippen LogP contribution in [0.3, 0.4) is 0 Å². The lowest BCUT2D eigenvalue weighted by atomic mass is 10.2. The van der Waals surface area contributed by atoms with Crippen molar-refractivity contribution >= 4 is 16.7 Å². The number of nitrogen functional groups attached to an aromatic ring is 1. The van der Waals surface area contributed by atoms with E-state index >= 15 is 0 Å². The van der Waals surface area contributed by atoms with Crippen LogP contribution < -0.4 is 5.73 Å². The third kappa shape index (κ3) is 1.32. The van der Waals surface area contributed by atoms with Gasteiger partial charge in [-0.05, 0) is 18.2 Å². The topological polar surface area (TPSA) is 67.6 Å². The number of H-pyrrole nitrogens is 1. The molecular weight excluding hydrogens is 200 g/mol. The molecular formula is C12H10N4. The maximum absolute atomic E-state index is 5.90. The van der Waals surface area contributed by atoms with E-state index in [-0.39, 0.29) is 0 Å². The molecule has 0 aliphatic heterocycles. The number of nitrogens with two attached hydrogens (primary N) is 1. The molecule has 0 aliphatic rings. The fourth-order valence-electron chi connectivity index (χ4n) is 1.69. The van der Waals surface area contributed by atoms with E-state index in [4.69, 9.17) is 5.73 Å². The molecule has 0 amide bonds. The largest absolute Gasteiger partial charge is 0.383 e. The lowest BCUT2D eigenvalue weighted by Gasteiger charge is -2.03. The molecule has 0 radical (unpaired) electrons. The van der Waals surface area contributed by atoms with Crippen LogP contribution in [0.5, 0.6) is 0 Å². The molecule has 0 fully saturated rings. The van der Waals surface area contributed by atoms with Crippen molar-refractivity contribution in [1.29, 1.82) is 0 Å². The first kappa shape index (κ1) is 8.91. The van der Waals surface area contributed by atoms with Gasteiger partial charge in [0.05, 0.1) is 5.52 Å². The third-order valence-electron chi connectivity index (χ3n) is 2.49. The molecule has 0 spiro atoms. The lowest BCUT2D eigenvalue weighted by Crippen LogP contribution is -1.96. The molecule has 4 nitrogen and oxygen atoms in total. The summed E-state index contributed by atoms with van der Waals surface area (Å²) in [7, 11) is 0. The van der Waals surface area contributed by atoms with Gasteiger partial charge in [0, 0.05) is 23.3 Å². The minimum absolute atomic E-state index is 0.516. The van der Waals surface area contributed by atoms with Gasteiger partial charge in [-0.3, -0.25) is 0 Å². The number of anilines is 1. The Balaban J connectivity index is 2.29. The smallest absolute Gasteiger partial charge is 0.163 e. The lowest BCUT2D eigenvalue weighted by molar-refractivity contribution is 1.23. The van der Waals surface area contributed by atoms with Crippen molar-refractivity contribution < 1.29 is 0 Å². The first-order valence-corrected chi connectivity index (χ1v) is 5.00. The minimum atomic E-state index is 0.516. The Labute approximate surface area is 92.2 Å². The summed E-state index contributed by atoms with van der Waals surface area (Å²) in [4.78, 5) is 11.7. The number of nitrogens with zero attached hydrogens (tertiary/aromatic N) is 2. The van der Waals surface area contributed by atoms with E-state index in [0.717, 1.165) is 16.5 Å². The van der Waals surface area contributed by atoms with Crippen LogP contribution in [-0.2, 0) is 0 Å². The van der Waals surface area contributed by atoms with Crippen LogP contribution >= 0.6 is 0 Å². The summed E-state index contributed by atoms with van der Waals surface area (Å²) in [5.74, 6) is 1.17. The molecule has 4 heteroatoms. The number of benzene rings is 1. The van der Waals surface area contributed by atoms with Crippen molar-refractivity contribution in [3.63, 3.8) is 0 Å². The zero-order valence-electron chi connectivity index (χ0n) is 8.51. The van der Waals surface area contributed by atoms with E-state index in [1.807, 2.05) is 42.7 Å². The maximum atomic E-state index is 5.90. The first-order chi connectivity index (χ1) is 7.84.